The number of carbonyl (C=O) groups excluding carboxylic acids is 2. The molecule has 2 saturated heterocycles. The molecule has 1 amide bonds. The van der Waals surface area contributed by atoms with E-state index in [1.54, 1.807) is 15.7 Å². The zero-order chi connectivity index (χ0) is 32.1. The minimum Gasteiger partial charge on any atom is -0.457 e. The number of aromatic nitrogens is 3. The molecule has 6 atom stereocenters. The highest BCUT2D eigenvalue weighted by Crippen LogP contribution is 2.29. The lowest BCUT2D eigenvalue weighted by molar-refractivity contribution is -0.151. The van der Waals surface area contributed by atoms with Crippen LogP contribution in [0.5, 0.6) is 0 Å². The molecule has 1 aromatic heterocycles. The van der Waals surface area contributed by atoms with Gasteiger partial charge in [-0.15, -0.1) is 5.10 Å². The largest absolute Gasteiger partial charge is 0.457 e. The van der Waals surface area contributed by atoms with Crippen molar-refractivity contribution in [3.8, 4) is 0 Å². The van der Waals surface area contributed by atoms with E-state index in [1.165, 1.54) is 6.07 Å². The number of fused-ring (bicyclic) bond motifs is 1. The summed E-state index contributed by atoms with van der Waals surface area (Å²) in [5.41, 5.74) is 2.06. The van der Waals surface area contributed by atoms with Crippen LogP contribution in [-0.4, -0.2) is 107 Å². The van der Waals surface area contributed by atoms with Crippen LogP contribution in [0.2, 0.25) is 0 Å². The Kier molecular flexibility index (Phi) is 10.9. The van der Waals surface area contributed by atoms with E-state index in [2.05, 4.69) is 15.2 Å². The quantitative estimate of drug-likeness (QED) is 0.390. The van der Waals surface area contributed by atoms with Crippen LogP contribution in [0.1, 0.15) is 64.5 Å². The lowest BCUT2D eigenvalue weighted by Gasteiger charge is -2.33. The van der Waals surface area contributed by atoms with E-state index < -0.39 is 30.1 Å². The van der Waals surface area contributed by atoms with Crippen LogP contribution in [-0.2, 0) is 19.0 Å². The van der Waals surface area contributed by atoms with Gasteiger partial charge in [0.2, 0.25) is 0 Å². The summed E-state index contributed by atoms with van der Waals surface area (Å²) >= 11 is 0. The minimum atomic E-state index is -0.884. The van der Waals surface area contributed by atoms with Gasteiger partial charge in [0, 0.05) is 38.7 Å². The minimum absolute atomic E-state index is 0.0204. The molecule has 5 rings (SSSR count). The van der Waals surface area contributed by atoms with Crippen LogP contribution in [0.3, 0.4) is 0 Å². The van der Waals surface area contributed by atoms with Crippen molar-refractivity contribution in [2.75, 3.05) is 46.4 Å². The first-order chi connectivity index (χ1) is 21.6. The molecular weight excluding hydrogens is 581 g/mol. The van der Waals surface area contributed by atoms with Crippen molar-refractivity contribution in [3.05, 3.63) is 41.2 Å². The van der Waals surface area contributed by atoms with E-state index in [4.69, 9.17) is 14.2 Å². The second-order valence-electron chi connectivity index (χ2n) is 12.9. The number of nitrogens with zero attached hydrogens (tertiary/aromatic N) is 5. The molecule has 1 N–H and O–H groups in total. The van der Waals surface area contributed by atoms with Gasteiger partial charge in [0.15, 0.2) is 5.82 Å². The summed E-state index contributed by atoms with van der Waals surface area (Å²) in [6.07, 6.45) is 5.70. The molecule has 246 valence electrons. The van der Waals surface area contributed by atoms with Gasteiger partial charge in [-0.2, -0.15) is 0 Å². The third-order valence-corrected chi connectivity index (χ3v) is 9.14. The van der Waals surface area contributed by atoms with E-state index in [9.17, 15) is 14.7 Å². The zero-order valence-corrected chi connectivity index (χ0v) is 26.7. The van der Waals surface area contributed by atoms with Crippen molar-refractivity contribution in [1.82, 2.24) is 24.8 Å². The van der Waals surface area contributed by atoms with Gasteiger partial charge >= 0.3 is 12.1 Å². The lowest BCUT2D eigenvalue weighted by atomic mass is 9.91. The second kappa shape index (κ2) is 14.8. The average molecular weight is 628 g/mol. The Morgan fingerprint density at radius 1 is 1.13 bits per heavy atom. The topological polar surface area (TPSA) is 119 Å². The van der Waals surface area contributed by atoms with Gasteiger partial charge in [-0.05, 0) is 74.9 Å². The normalized spacial score (nSPS) is 30.3. The van der Waals surface area contributed by atoms with Gasteiger partial charge in [0.05, 0.1) is 30.7 Å². The predicted molar refractivity (Wildman–Crippen MR) is 167 cm³/mol. The number of rotatable bonds is 4. The van der Waals surface area contributed by atoms with Crippen LogP contribution in [0.25, 0.3) is 17.1 Å². The maximum Gasteiger partial charge on any atom is 0.410 e. The lowest BCUT2D eigenvalue weighted by Crippen LogP contribution is -2.48. The number of cyclic esters (lactones) is 1. The summed E-state index contributed by atoms with van der Waals surface area (Å²) in [6.45, 7) is 9.73. The third kappa shape index (κ3) is 8.28. The van der Waals surface area contributed by atoms with Gasteiger partial charge in [-0.3, -0.25) is 4.79 Å². The van der Waals surface area contributed by atoms with Gasteiger partial charge in [-0.25, -0.2) is 13.9 Å². The Balaban J connectivity index is 1.40. The Labute approximate surface area is 264 Å². The molecule has 0 aliphatic carbocycles. The Morgan fingerprint density at radius 2 is 1.91 bits per heavy atom. The SMILES string of the molecule is C/C(=C\c1cc(F)c2nnn([C@H]3CCCOC3)c2c1)[C@H]1OC(=O)C[C@H](O)CC[C@H](C)[C@@H](OC(=O)N2CCN(C)CC2)/C=C\[C@@H]1C. The molecule has 0 spiro atoms. The summed E-state index contributed by atoms with van der Waals surface area (Å²) in [7, 11) is 2.03. The van der Waals surface area contributed by atoms with Crippen LogP contribution in [0.4, 0.5) is 9.18 Å². The zero-order valence-electron chi connectivity index (χ0n) is 26.7. The number of aliphatic hydroxyl groups excluding tert-OH is 1. The van der Waals surface area contributed by atoms with Crippen molar-refractivity contribution in [2.45, 2.75) is 77.2 Å². The smallest absolute Gasteiger partial charge is 0.410 e. The number of aliphatic hydroxyl groups is 1. The van der Waals surface area contributed by atoms with E-state index in [-0.39, 0.29) is 35.9 Å². The molecule has 0 saturated carbocycles. The molecule has 0 unspecified atom stereocenters. The van der Waals surface area contributed by atoms with Gasteiger partial charge < -0.3 is 29.1 Å². The summed E-state index contributed by atoms with van der Waals surface area (Å²) in [4.78, 5) is 29.9. The summed E-state index contributed by atoms with van der Waals surface area (Å²) in [5, 5.41) is 18.9. The monoisotopic (exact) mass is 627 g/mol. The predicted octanol–water partition coefficient (Wildman–Crippen LogP) is 4.36. The van der Waals surface area contributed by atoms with Gasteiger partial charge in [-0.1, -0.05) is 31.2 Å². The van der Waals surface area contributed by atoms with Crippen LogP contribution in [0, 0.1) is 17.7 Å². The van der Waals surface area contributed by atoms with Crippen molar-refractivity contribution in [3.63, 3.8) is 0 Å². The van der Waals surface area contributed by atoms with E-state index in [0.29, 0.717) is 55.8 Å². The first-order valence-electron chi connectivity index (χ1n) is 16.1. The van der Waals surface area contributed by atoms with Gasteiger partial charge in [0.25, 0.3) is 0 Å². The number of carbonyl (C=O) groups is 2. The standard InChI is InChI=1S/C33H46FN5O6/c1-21-7-9-26(40)19-30(41)45-32(22(2)8-10-29(21)44-33(42)38-13-11-37(4)12-14-38)23(3)16-24-17-27(34)31-28(18-24)39(36-35-31)25-6-5-15-43-20-25/h8,10,16-18,21-22,25-26,29,32,40H,5-7,9,11-15,19-20H2,1-4H3/b10-8-,23-16+/t21-,22-,25-,26+,29-,32-/m0/s1. The molecule has 0 bridgehead atoms. The molecule has 3 aliphatic rings. The van der Waals surface area contributed by atoms with E-state index >= 15 is 4.39 Å². The third-order valence-electron chi connectivity index (χ3n) is 9.14. The summed E-state index contributed by atoms with van der Waals surface area (Å²) < 4.78 is 34.5. The Hall–Kier alpha value is -3.35. The number of halogens is 1. The fourth-order valence-electron chi connectivity index (χ4n) is 6.26. The summed E-state index contributed by atoms with van der Waals surface area (Å²) in [5.74, 6) is -1.37. The fourth-order valence-corrected chi connectivity index (χ4v) is 6.26. The highest BCUT2D eigenvalue weighted by molar-refractivity contribution is 5.79. The number of hydrogen-bond donors (Lipinski definition) is 1. The fraction of sp³-hybridized carbons (Fsp3) is 0.636. The average Bonchev–Trinajstić information content (AvgIpc) is 3.45. The van der Waals surface area contributed by atoms with Crippen LogP contribution < -0.4 is 0 Å². The molecule has 0 radical (unpaired) electrons. The number of esters is 1. The molecule has 4 heterocycles. The molecule has 3 aliphatic heterocycles. The van der Waals surface area contributed by atoms with Crippen LogP contribution in [0.15, 0.2) is 29.9 Å². The summed E-state index contributed by atoms with van der Waals surface area (Å²) in [6, 6.07) is 3.22. The molecular formula is C33H46FN5O6. The molecule has 2 fully saturated rings. The molecule has 12 heteroatoms. The number of piperazine rings is 1. The van der Waals surface area contributed by atoms with E-state index in [0.717, 1.165) is 25.9 Å². The molecule has 11 nitrogen and oxygen atoms in total. The second-order valence-corrected chi connectivity index (χ2v) is 12.9. The number of hydrogen-bond acceptors (Lipinski definition) is 9. The van der Waals surface area contributed by atoms with Crippen molar-refractivity contribution in [2.24, 2.45) is 11.8 Å². The highest BCUT2D eigenvalue weighted by atomic mass is 19.1. The molecule has 1 aromatic carbocycles. The number of ether oxygens (including phenoxy) is 3. The maximum absolute atomic E-state index is 15.2. The number of amides is 1. The van der Waals surface area contributed by atoms with Crippen molar-refractivity contribution >= 4 is 29.2 Å². The first kappa shape index (κ1) is 33.0. The first-order valence-corrected chi connectivity index (χ1v) is 16.1. The molecule has 45 heavy (non-hydrogen) atoms. The van der Waals surface area contributed by atoms with Crippen molar-refractivity contribution < 1.29 is 33.3 Å². The Bertz CT molecular complexity index is 1400. The Morgan fingerprint density at radius 3 is 2.64 bits per heavy atom. The van der Waals surface area contributed by atoms with Crippen molar-refractivity contribution in [1.29, 1.82) is 0 Å². The van der Waals surface area contributed by atoms with Gasteiger partial charge in [0.1, 0.15) is 17.7 Å². The highest BCUT2D eigenvalue weighted by Gasteiger charge is 2.29. The van der Waals surface area contributed by atoms with Crippen LogP contribution >= 0.6 is 0 Å². The van der Waals surface area contributed by atoms with E-state index in [1.807, 2.05) is 46.0 Å². The number of likely N-dealkylation sites (N-methyl/N-ethyl adjacent to an activating group) is 1. The number of benzene rings is 1. The molecule has 2 aromatic rings. The maximum atomic E-state index is 15.2.